The van der Waals surface area contributed by atoms with Gasteiger partial charge in [0.15, 0.2) is 6.29 Å². The highest BCUT2D eigenvalue weighted by molar-refractivity contribution is 5.76. The van der Waals surface area contributed by atoms with Crippen molar-refractivity contribution >= 4 is 5.91 Å². The molecule has 1 aliphatic rings. The number of carbonyl (C=O) groups excluding carboxylic acids is 1. The molecule has 0 aromatic rings. The van der Waals surface area contributed by atoms with Crippen LogP contribution >= 0.6 is 0 Å². The number of carbonyl (C=O) groups is 1. The molecule has 9 nitrogen and oxygen atoms in total. The topological polar surface area (TPSA) is 149 Å². The van der Waals surface area contributed by atoms with Crippen molar-refractivity contribution in [3.63, 3.8) is 0 Å². The van der Waals surface area contributed by atoms with E-state index in [1.165, 1.54) is 238 Å². The lowest BCUT2D eigenvalue weighted by atomic mass is 9.99. The summed E-state index contributed by atoms with van der Waals surface area (Å²) in [6.45, 7) is 3.76. The van der Waals surface area contributed by atoms with E-state index in [2.05, 4.69) is 79.9 Å². The lowest BCUT2D eigenvalue weighted by molar-refractivity contribution is -0.302. The number of amides is 1. The Morgan fingerprint density at radius 2 is 0.765 bits per heavy atom. The number of hydrogen-bond donors (Lipinski definition) is 6. The molecule has 0 aromatic heterocycles. The van der Waals surface area contributed by atoms with E-state index in [1.54, 1.807) is 0 Å². The van der Waals surface area contributed by atoms with Crippen LogP contribution in [-0.2, 0) is 14.3 Å². The molecule has 0 aliphatic carbocycles. The molecule has 0 bridgehead atoms. The summed E-state index contributed by atoms with van der Waals surface area (Å²) in [6, 6.07) is -0.718. The molecule has 81 heavy (non-hydrogen) atoms. The molecule has 1 fully saturated rings. The van der Waals surface area contributed by atoms with Gasteiger partial charge in [0, 0.05) is 6.42 Å². The first-order valence-corrected chi connectivity index (χ1v) is 35.0. The minimum Gasteiger partial charge on any atom is -0.394 e. The van der Waals surface area contributed by atoms with E-state index in [-0.39, 0.29) is 12.5 Å². The van der Waals surface area contributed by atoms with Gasteiger partial charge in [0.05, 0.1) is 25.4 Å². The lowest BCUT2D eigenvalue weighted by Gasteiger charge is -2.40. The smallest absolute Gasteiger partial charge is 0.220 e. The second-order valence-electron chi connectivity index (χ2n) is 24.3. The molecular formula is C72H133NO8. The maximum atomic E-state index is 13.1. The second-order valence-corrected chi connectivity index (χ2v) is 24.3. The van der Waals surface area contributed by atoms with Gasteiger partial charge in [0.2, 0.25) is 5.91 Å². The molecular weight excluding hydrogens is 1010 g/mol. The minimum atomic E-state index is -1.55. The first-order valence-electron chi connectivity index (χ1n) is 35.0. The Kier molecular flexibility index (Phi) is 57.9. The van der Waals surface area contributed by atoms with Crippen LogP contribution in [0.5, 0.6) is 0 Å². The van der Waals surface area contributed by atoms with Crippen LogP contribution in [-0.4, -0.2) is 87.5 Å². The molecule has 1 rings (SSSR count). The van der Waals surface area contributed by atoms with Crippen LogP contribution in [0.1, 0.15) is 335 Å². The maximum absolute atomic E-state index is 13.1. The first-order chi connectivity index (χ1) is 39.8. The number of ether oxygens (including phenoxy) is 2. The van der Waals surface area contributed by atoms with Crippen molar-refractivity contribution in [2.45, 2.75) is 378 Å². The van der Waals surface area contributed by atoms with Gasteiger partial charge in [-0.2, -0.15) is 0 Å². The normalized spacial score (nSPS) is 18.7. The average Bonchev–Trinajstić information content (AvgIpc) is 3.49. The van der Waals surface area contributed by atoms with Gasteiger partial charge in [-0.1, -0.05) is 331 Å². The van der Waals surface area contributed by atoms with Gasteiger partial charge in [0.1, 0.15) is 24.4 Å². The highest BCUT2D eigenvalue weighted by atomic mass is 16.7. The number of allylic oxidation sites excluding steroid dienone is 10. The Balaban J connectivity index is 2.02. The van der Waals surface area contributed by atoms with Gasteiger partial charge in [-0.25, -0.2) is 0 Å². The fourth-order valence-electron chi connectivity index (χ4n) is 11.2. The maximum Gasteiger partial charge on any atom is 0.220 e. The third-order valence-corrected chi connectivity index (χ3v) is 16.6. The van der Waals surface area contributed by atoms with Crippen LogP contribution in [0.4, 0.5) is 0 Å². The summed E-state index contributed by atoms with van der Waals surface area (Å²) >= 11 is 0. The lowest BCUT2D eigenvalue weighted by Crippen LogP contribution is -2.60. The van der Waals surface area contributed by atoms with Crippen LogP contribution in [0.3, 0.4) is 0 Å². The fourth-order valence-corrected chi connectivity index (χ4v) is 11.2. The van der Waals surface area contributed by atoms with Gasteiger partial charge in [-0.05, 0) is 57.8 Å². The zero-order valence-corrected chi connectivity index (χ0v) is 53.0. The Morgan fingerprint density at radius 3 is 1.14 bits per heavy atom. The summed E-state index contributed by atoms with van der Waals surface area (Å²) in [4.78, 5) is 13.1. The van der Waals surface area contributed by atoms with Gasteiger partial charge in [-0.15, -0.1) is 0 Å². The molecule has 1 heterocycles. The molecule has 474 valence electrons. The zero-order chi connectivity index (χ0) is 58.6. The molecule has 1 amide bonds. The largest absolute Gasteiger partial charge is 0.394 e. The molecule has 6 N–H and O–H groups in total. The first kappa shape index (κ1) is 76.9. The number of aliphatic hydroxyl groups is 5. The second kappa shape index (κ2) is 61.0. The summed E-state index contributed by atoms with van der Waals surface area (Å²) in [6.07, 6.45) is 77.3. The summed E-state index contributed by atoms with van der Waals surface area (Å²) < 4.78 is 11.4. The Labute approximate surface area is 500 Å². The standard InChI is InChI=1S/C72H133NO8/c1-3-5-7-9-11-13-15-17-19-21-22-23-24-25-26-27-28-29-30-31-32-33-34-35-36-37-38-39-40-41-42-43-44-46-48-50-52-54-56-58-60-62-68(76)73-65(64-80-72-71(79)70(78)69(77)67(63-74)81-72)66(75)61-59-57-55-53-51-49-47-45-20-18-16-14-12-10-8-6-4-2/h5,7,11,13,17,19,22-23,25-26,65-67,69-72,74-75,77-79H,3-4,6,8-10,12,14-16,18,20-21,24,27-64H2,1-2H3,(H,73,76)/b7-5-,13-11-,19-17-,23-22-,26-25-. The molecule has 0 aromatic carbocycles. The summed E-state index contributed by atoms with van der Waals surface area (Å²) in [7, 11) is 0. The van der Waals surface area contributed by atoms with Crippen molar-refractivity contribution < 1.29 is 39.8 Å². The van der Waals surface area contributed by atoms with Crippen LogP contribution < -0.4 is 5.32 Å². The third kappa shape index (κ3) is 49.8. The number of unbranched alkanes of at least 4 members (excludes halogenated alkanes) is 41. The van der Waals surface area contributed by atoms with Crippen molar-refractivity contribution in [3.05, 3.63) is 60.8 Å². The van der Waals surface area contributed by atoms with Gasteiger partial charge in [-0.3, -0.25) is 4.79 Å². The Bertz CT molecular complexity index is 1460. The van der Waals surface area contributed by atoms with E-state index in [0.29, 0.717) is 12.8 Å². The van der Waals surface area contributed by atoms with Crippen molar-refractivity contribution in [2.24, 2.45) is 0 Å². The van der Waals surface area contributed by atoms with E-state index < -0.39 is 49.5 Å². The Morgan fingerprint density at radius 1 is 0.432 bits per heavy atom. The SMILES string of the molecule is CC/C=C\C/C=C\C/C=C\C/C=C\C/C=C\CCCCCCCCCCCCCCCCCCCCCCCCCCCC(=O)NC(COC1OC(CO)C(O)C(O)C1O)C(O)CCCCCCCCCCCCCCCCCCC. The predicted molar refractivity (Wildman–Crippen MR) is 346 cm³/mol. The quantitative estimate of drug-likeness (QED) is 0.0261. The van der Waals surface area contributed by atoms with Gasteiger partial charge >= 0.3 is 0 Å². The molecule has 9 heteroatoms. The fraction of sp³-hybridized carbons (Fsp3) is 0.847. The van der Waals surface area contributed by atoms with Crippen molar-refractivity contribution in [2.75, 3.05) is 13.2 Å². The summed E-state index contributed by atoms with van der Waals surface area (Å²) in [5, 5.41) is 54.8. The molecule has 1 aliphatic heterocycles. The number of rotatable bonds is 61. The average molecular weight is 1140 g/mol. The van der Waals surface area contributed by atoms with E-state index in [4.69, 9.17) is 9.47 Å². The summed E-state index contributed by atoms with van der Waals surface area (Å²) in [5.41, 5.74) is 0. The van der Waals surface area contributed by atoms with Crippen molar-refractivity contribution in [3.8, 4) is 0 Å². The number of aliphatic hydroxyl groups excluding tert-OH is 5. The van der Waals surface area contributed by atoms with E-state index >= 15 is 0 Å². The summed E-state index contributed by atoms with van der Waals surface area (Å²) in [5.74, 6) is -0.138. The van der Waals surface area contributed by atoms with Crippen LogP contribution in [0.2, 0.25) is 0 Å². The monoisotopic (exact) mass is 1140 g/mol. The highest BCUT2D eigenvalue weighted by Gasteiger charge is 2.44. The minimum absolute atomic E-state index is 0.134. The van der Waals surface area contributed by atoms with Crippen LogP contribution in [0, 0.1) is 0 Å². The Hall–Kier alpha value is -2.11. The predicted octanol–water partition coefficient (Wildman–Crippen LogP) is 19.0. The van der Waals surface area contributed by atoms with E-state index in [0.717, 1.165) is 70.6 Å². The third-order valence-electron chi connectivity index (χ3n) is 16.6. The zero-order valence-electron chi connectivity index (χ0n) is 53.0. The van der Waals surface area contributed by atoms with E-state index in [1.807, 2.05) is 0 Å². The van der Waals surface area contributed by atoms with Crippen molar-refractivity contribution in [1.82, 2.24) is 5.32 Å². The van der Waals surface area contributed by atoms with Crippen molar-refractivity contribution in [1.29, 1.82) is 0 Å². The number of nitrogens with one attached hydrogen (secondary N) is 1. The molecule has 1 saturated heterocycles. The molecule has 0 saturated carbocycles. The highest BCUT2D eigenvalue weighted by Crippen LogP contribution is 2.24. The van der Waals surface area contributed by atoms with Gasteiger partial charge in [0.25, 0.3) is 0 Å². The number of hydrogen-bond acceptors (Lipinski definition) is 8. The van der Waals surface area contributed by atoms with E-state index in [9.17, 15) is 30.3 Å². The molecule has 0 radical (unpaired) electrons. The molecule has 0 spiro atoms. The molecule has 7 unspecified atom stereocenters. The van der Waals surface area contributed by atoms with Crippen LogP contribution in [0.25, 0.3) is 0 Å². The van der Waals surface area contributed by atoms with Crippen LogP contribution in [0.15, 0.2) is 60.8 Å². The van der Waals surface area contributed by atoms with Gasteiger partial charge < -0.3 is 40.3 Å². The molecule has 7 atom stereocenters.